The number of rotatable bonds is 3. The Morgan fingerprint density at radius 1 is 1.14 bits per heavy atom. The first-order valence-electron chi connectivity index (χ1n) is 6.48. The Hall–Kier alpha value is -2.05. The van der Waals surface area contributed by atoms with E-state index in [9.17, 15) is 5.11 Å². The van der Waals surface area contributed by atoms with Crippen molar-refractivity contribution in [2.24, 2.45) is 0 Å². The maximum absolute atomic E-state index is 9.90. The molecule has 0 aliphatic carbocycles. The zero-order valence-electron chi connectivity index (χ0n) is 11.3. The van der Waals surface area contributed by atoms with Crippen LogP contribution in [0.5, 0.6) is 0 Å². The Morgan fingerprint density at radius 2 is 1.90 bits per heavy atom. The maximum Gasteiger partial charge on any atom is 0.205 e. The van der Waals surface area contributed by atoms with Crippen molar-refractivity contribution < 1.29 is 5.11 Å². The summed E-state index contributed by atoms with van der Waals surface area (Å²) in [5.74, 6) is 0.551. The number of hydrogen-bond acceptors (Lipinski definition) is 4. The van der Waals surface area contributed by atoms with E-state index in [-0.39, 0.29) is 0 Å². The average molecular weight is 345 g/mol. The van der Waals surface area contributed by atoms with E-state index in [1.165, 1.54) is 4.80 Å². The molecule has 21 heavy (non-hydrogen) atoms. The molecule has 1 aromatic heterocycles. The minimum absolute atomic E-state index is 0.551. The molecule has 1 unspecified atom stereocenters. The number of aliphatic hydroxyl groups excluding tert-OH is 1. The van der Waals surface area contributed by atoms with Crippen molar-refractivity contribution in [2.75, 3.05) is 0 Å². The number of hydrogen-bond donors (Lipinski definition) is 1. The van der Waals surface area contributed by atoms with E-state index in [1.54, 1.807) is 6.92 Å². The summed E-state index contributed by atoms with van der Waals surface area (Å²) in [4.78, 5) is 1.44. The molecule has 1 heterocycles. The summed E-state index contributed by atoms with van der Waals surface area (Å²) in [5.41, 5.74) is 2.35. The molecule has 1 atom stereocenters. The second-order valence-electron chi connectivity index (χ2n) is 4.65. The molecule has 0 saturated heterocycles. The molecule has 0 spiro atoms. The minimum Gasteiger partial charge on any atom is -0.389 e. The van der Waals surface area contributed by atoms with Crippen LogP contribution in [0.25, 0.3) is 17.1 Å². The predicted octanol–water partition coefficient (Wildman–Crippen LogP) is 3.15. The van der Waals surface area contributed by atoms with Gasteiger partial charge in [-0.2, -0.15) is 0 Å². The van der Waals surface area contributed by atoms with Crippen molar-refractivity contribution in [1.29, 1.82) is 0 Å². The van der Waals surface area contributed by atoms with Crippen molar-refractivity contribution in [3.8, 4) is 17.1 Å². The highest BCUT2D eigenvalue weighted by molar-refractivity contribution is 9.10. The number of benzene rings is 2. The normalized spacial score (nSPS) is 12.3. The van der Waals surface area contributed by atoms with Gasteiger partial charge >= 0.3 is 0 Å². The lowest BCUT2D eigenvalue weighted by molar-refractivity contribution is 0.198. The first-order chi connectivity index (χ1) is 10.1. The summed E-state index contributed by atoms with van der Waals surface area (Å²) in [6.45, 7) is 1.71. The molecule has 0 aliphatic heterocycles. The van der Waals surface area contributed by atoms with Crippen LogP contribution in [-0.4, -0.2) is 25.3 Å². The van der Waals surface area contributed by atoms with Gasteiger partial charge < -0.3 is 5.11 Å². The molecular weight excluding hydrogens is 332 g/mol. The molecular formula is C15H13BrN4O. The van der Waals surface area contributed by atoms with E-state index in [1.807, 2.05) is 48.5 Å². The van der Waals surface area contributed by atoms with Crippen LogP contribution >= 0.6 is 15.9 Å². The van der Waals surface area contributed by atoms with E-state index in [0.29, 0.717) is 11.5 Å². The summed E-state index contributed by atoms with van der Waals surface area (Å²) < 4.78 is 0.894. The lowest BCUT2D eigenvalue weighted by atomic mass is 10.1. The Balaban J connectivity index is 2.05. The van der Waals surface area contributed by atoms with Gasteiger partial charge in [-0.25, -0.2) is 0 Å². The van der Waals surface area contributed by atoms with Crippen molar-refractivity contribution in [3.05, 3.63) is 58.6 Å². The summed E-state index contributed by atoms with van der Waals surface area (Å²) in [7, 11) is 0. The molecule has 6 heteroatoms. The van der Waals surface area contributed by atoms with Gasteiger partial charge in [0.2, 0.25) is 5.82 Å². The van der Waals surface area contributed by atoms with E-state index >= 15 is 0 Å². The number of aliphatic hydroxyl groups is 1. The fourth-order valence-electron chi connectivity index (χ4n) is 2.06. The van der Waals surface area contributed by atoms with Gasteiger partial charge in [-0.1, -0.05) is 46.3 Å². The monoisotopic (exact) mass is 344 g/mol. The van der Waals surface area contributed by atoms with Crippen LogP contribution in [0.2, 0.25) is 0 Å². The fourth-order valence-corrected chi connectivity index (χ4v) is 2.44. The Bertz CT molecular complexity index is 755. The third kappa shape index (κ3) is 2.86. The number of nitrogens with zero attached hydrogens (tertiary/aromatic N) is 4. The van der Waals surface area contributed by atoms with Gasteiger partial charge in [-0.15, -0.1) is 15.0 Å². The topological polar surface area (TPSA) is 63.8 Å². The molecule has 1 N–H and O–H groups in total. The van der Waals surface area contributed by atoms with Gasteiger partial charge in [0.15, 0.2) is 0 Å². The smallest absolute Gasteiger partial charge is 0.205 e. The second kappa shape index (κ2) is 5.75. The largest absolute Gasteiger partial charge is 0.389 e. The second-order valence-corrected chi connectivity index (χ2v) is 5.56. The van der Waals surface area contributed by atoms with E-state index in [0.717, 1.165) is 15.6 Å². The average Bonchev–Trinajstić information content (AvgIpc) is 2.97. The lowest BCUT2D eigenvalue weighted by Gasteiger charge is -2.10. The Labute approximate surface area is 130 Å². The Morgan fingerprint density at radius 3 is 2.62 bits per heavy atom. The number of aromatic nitrogens is 4. The molecule has 2 aromatic carbocycles. The summed E-state index contributed by atoms with van der Waals surface area (Å²) in [6.07, 6.45) is -0.622. The highest BCUT2D eigenvalue weighted by atomic mass is 79.9. The molecule has 106 valence electrons. The highest BCUT2D eigenvalue weighted by Crippen LogP contribution is 2.25. The predicted molar refractivity (Wildman–Crippen MR) is 82.9 cm³/mol. The van der Waals surface area contributed by atoms with Crippen LogP contribution in [0, 0.1) is 0 Å². The first-order valence-corrected chi connectivity index (χ1v) is 7.28. The third-order valence-corrected chi connectivity index (χ3v) is 3.59. The van der Waals surface area contributed by atoms with Crippen LogP contribution in [0.15, 0.2) is 53.0 Å². The van der Waals surface area contributed by atoms with Gasteiger partial charge in [0, 0.05) is 15.6 Å². The van der Waals surface area contributed by atoms with Gasteiger partial charge in [-0.3, -0.25) is 0 Å². The molecule has 5 nitrogen and oxygen atoms in total. The van der Waals surface area contributed by atoms with E-state index < -0.39 is 6.10 Å². The number of tetrazole rings is 1. The van der Waals surface area contributed by atoms with Crippen LogP contribution in [0.4, 0.5) is 0 Å². The van der Waals surface area contributed by atoms with E-state index in [4.69, 9.17) is 0 Å². The molecule has 0 saturated carbocycles. The van der Waals surface area contributed by atoms with Gasteiger partial charge in [0.1, 0.15) is 0 Å². The SMILES string of the molecule is CC(O)c1cc(Br)ccc1-n1nnc(-c2ccccc2)n1. The number of halogens is 1. The summed E-state index contributed by atoms with van der Waals surface area (Å²) >= 11 is 3.40. The zero-order chi connectivity index (χ0) is 14.8. The van der Waals surface area contributed by atoms with Gasteiger partial charge in [0.05, 0.1) is 11.8 Å². The highest BCUT2D eigenvalue weighted by Gasteiger charge is 2.14. The molecule has 0 fully saturated rings. The molecule has 0 bridgehead atoms. The van der Waals surface area contributed by atoms with Crippen LogP contribution in [-0.2, 0) is 0 Å². The molecule has 0 aliphatic rings. The zero-order valence-corrected chi connectivity index (χ0v) is 12.9. The van der Waals surface area contributed by atoms with Crippen molar-refractivity contribution in [1.82, 2.24) is 20.2 Å². The first kappa shape index (κ1) is 13.9. The van der Waals surface area contributed by atoms with Crippen molar-refractivity contribution >= 4 is 15.9 Å². The fraction of sp³-hybridized carbons (Fsp3) is 0.133. The van der Waals surface area contributed by atoms with E-state index in [2.05, 4.69) is 31.3 Å². The molecule has 3 aromatic rings. The summed E-state index contributed by atoms with van der Waals surface area (Å²) in [5, 5.41) is 22.5. The molecule has 3 rings (SSSR count). The van der Waals surface area contributed by atoms with Crippen LogP contribution < -0.4 is 0 Å². The van der Waals surface area contributed by atoms with Gasteiger partial charge in [-0.05, 0) is 30.3 Å². The molecule has 0 amide bonds. The lowest BCUT2D eigenvalue weighted by Crippen LogP contribution is -2.05. The molecule has 0 radical (unpaired) electrons. The standard InChI is InChI=1S/C15H13BrN4O/c1-10(21)13-9-12(16)7-8-14(13)20-18-15(17-19-20)11-5-3-2-4-6-11/h2-10,21H,1H3. The minimum atomic E-state index is -0.622. The van der Waals surface area contributed by atoms with Gasteiger partial charge in [0.25, 0.3) is 0 Å². The quantitative estimate of drug-likeness (QED) is 0.792. The maximum atomic E-state index is 9.90. The van der Waals surface area contributed by atoms with Crippen LogP contribution in [0.1, 0.15) is 18.6 Å². The van der Waals surface area contributed by atoms with Crippen molar-refractivity contribution in [2.45, 2.75) is 13.0 Å². The van der Waals surface area contributed by atoms with Crippen molar-refractivity contribution in [3.63, 3.8) is 0 Å². The third-order valence-electron chi connectivity index (χ3n) is 3.10. The van der Waals surface area contributed by atoms with Crippen LogP contribution in [0.3, 0.4) is 0 Å². The summed E-state index contributed by atoms with van der Waals surface area (Å²) in [6, 6.07) is 15.2. The Kier molecular flexibility index (Phi) is 3.81.